The van der Waals surface area contributed by atoms with Gasteiger partial charge in [-0.3, -0.25) is 4.79 Å². The first kappa shape index (κ1) is 46.4. The van der Waals surface area contributed by atoms with E-state index in [-0.39, 0.29) is 36.0 Å². The number of hydrogen-bond acceptors (Lipinski definition) is 12. The first-order valence-corrected chi connectivity index (χ1v) is 17.1. The van der Waals surface area contributed by atoms with Crippen LogP contribution in [0.2, 0.25) is 0 Å². The Kier molecular flexibility index (Phi) is 30.3. The van der Waals surface area contributed by atoms with E-state index in [1.165, 1.54) is 6.92 Å². The monoisotopic (exact) mass is 710 g/mol. The molecule has 21 heteroatoms. The minimum absolute atomic E-state index is 0.148. The summed E-state index contributed by atoms with van der Waals surface area (Å²) < 4.78 is 23.9. The summed E-state index contributed by atoms with van der Waals surface area (Å²) in [6, 6.07) is -1.24. The van der Waals surface area contributed by atoms with Gasteiger partial charge in [0.15, 0.2) is 0 Å². The van der Waals surface area contributed by atoms with Crippen LogP contribution in [0, 0.1) is 5.41 Å². The van der Waals surface area contributed by atoms with E-state index in [4.69, 9.17) is 41.1 Å². The van der Waals surface area contributed by atoms with Crippen molar-refractivity contribution in [3.63, 3.8) is 0 Å². The molecule has 50 heavy (non-hydrogen) atoms. The minimum Gasteiger partial charge on any atom is -0.380 e. The van der Waals surface area contributed by atoms with Crippen LogP contribution in [0.15, 0.2) is 20.5 Å². The summed E-state index contributed by atoms with van der Waals surface area (Å²) in [5.74, 6) is -0.364. The van der Waals surface area contributed by atoms with Gasteiger partial charge >= 0.3 is 0 Å². The molecule has 1 amide bonds. The van der Waals surface area contributed by atoms with E-state index in [1.807, 2.05) is 20.8 Å². The van der Waals surface area contributed by atoms with Gasteiger partial charge in [-0.2, -0.15) is 0 Å². The van der Waals surface area contributed by atoms with Crippen molar-refractivity contribution in [1.29, 1.82) is 0 Å². The first-order valence-electron chi connectivity index (χ1n) is 17.1. The van der Waals surface area contributed by atoms with E-state index in [2.05, 4.69) is 61.4 Å². The van der Waals surface area contributed by atoms with Crippen molar-refractivity contribution in [3.05, 3.63) is 41.8 Å². The zero-order chi connectivity index (χ0) is 37.1. The van der Waals surface area contributed by atoms with Crippen molar-refractivity contribution >= 4 is 5.91 Å². The van der Waals surface area contributed by atoms with E-state index in [0.717, 1.165) is 19.3 Å². The number of amides is 1. The number of nitrogens with one attached hydrogen (secondary N) is 4. The summed E-state index contributed by atoms with van der Waals surface area (Å²) in [6.45, 7) is 14.6. The molecule has 4 N–H and O–H groups in total. The topological polar surface area (TPSA) is 297 Å². The van der Waals surface area contributed by atoms with Gasteiger partial charge in [0.2, 0.25) is 5.91 Å². The Morgan fingerprint density at radius 1 is 0.540 bits per heavy atom. The Hall–Kier alpha value is -3.57. The van der Waals surface area contributed by atoms with Crippen molar-refractivity contribution in [2.75, 3.05) is 98.7 Å². The average molecular weight is 711 g/mol. The molecule has 0 aromatic carbocycles. The van der Waals surface area contributed by atoms with E-state index in [0.29, 0.717) is 98.5 Å². The second-order valence-electron chi connectivity index (χ2n) is 11.9. The van der Waals surface area contributed by atoms with Crippen LogP contribution in [-0.2, 0) is 23.7 Å². The number of nitrogens with zero attached hydrogens (tertiary/aromatic N) is 12. The molecule has 0 aliphatic rings. The van der Waals surface area contributed by atoms with Gasteiger partial charge < -0.3 is 40.2 Å². The summed E-state index contributed by atoms with van der Waals surface area (Å²) in [5, 5.41) is 26.8. The Labute approximate surface area is 294 Å². The van der Waals surface area contributed by atoms with Crippen molar-refractivity contribution < 1.29 is 23.7 Å². The molecule has 0 bridgehead atoms. The molecule has 0 saturated heterocycles. The van der Waals surface area contributed by atoms with Crippen molar-refractivity contribution in [2.24, 2.45) is 25.9 Å². The summed E-state index contributed by atoms with van der Waals surface area (Å²) in [4.78, 5) is 23.1. The van der Waals surface area contributed by atoms with E-state index in [9.17, 15) is 4.79 Å². The van der Waals surface area contributed by atoms with Crippen LogP contribution < -0.4 is 21.3 Å². The van der Waals surface area contributed by atoms with Crippen LogP contribution in [0.5, 0.6) is 0 Å². The molecule has 0 fully saturated rings. The van der Waals surface area contributed by atoms with E-state index < -0.39 is 6.04 Å². The molecule has 0 heterocycles. The van der Waals surface area contributed by atoms with Crippen LogP contribution in [0.3, 0.4) is 0 Å². The molecule has 4 unspecified atom stereocenters. The zero-order valence-electron chi connectivity index (χ0n) is 30.2. The quantitative estimate of drug-likeness (QED) is 0.0318. The predicted molar refractivity (Wildman–Crippen MR) is 190 cm³/mol. The Bertz CT molecular complexity index is 985. The normalized spacial score (nSPS) is 14.4. The second-order valence-corrected chi connectivity index (χ2v) is 11.9. The summed E-state index contributed by atoms with van der Waals surface area (Å²) in [7, 11) is 0. The Morgan fingerprint density at radius 3 is 1.18 bits per heavy atom. The fourth-order valence-corrected chi connectivity index (χ4v) is 4.59. The number of hydrogen-bond donors (Lipinski definition) is 4. The highest BCUT2D eigenvalue weighted by atomic mass is 16.5. The van der Waals surface area contributed by atoms with Gasteiger partial charge in [-0.25, -0.2) is 0 Å². The third kappa shape index (κ3) is 27.3. The van der Waals surface area contributed by atoms with Crippen LogP contribution in [-0.4, -0.2) is 129 Å². The van der Waals surface area contributed by atoms with Gasteiger partial charge in [0.05, 0.1) is 26.4 Å². The fourth-order valence-electron chi connectivity index (χ4n) is 4.59. The number of carbonyl (C=O) groups excluding carboxylic acids is 1. The standard InChI is InChI=1S/C29H58N16O5/c1-24(38-42-30)21-34-9-17-47-13-5-29(6-14-48-18-10-35-22-25(2)39-43-31,7-15-49-19-11-36-23-26(3)40-44-32)8-16-50-20-12-37-28(46)27(4)41-45-33/h24-27,34-36H,5-23H2,1-4H3,(H,37,46). The molecule has 0 aliphatic heterocycles. The zero-order valence-corrected chi connectivity index (χ0v) is 30.2. The largest absolute Gasteiger partial charge is 0.380 e. The van der Waals surface area contributed by atoms with Gasteiger partial charge in [-0.1, -0.05) is 41.2 Å². The lowest BCUT2D eigenvalue weighted by Gasteiger charge is -2.34. The maximum atomic E-state index is 12.0. The van der Waals surface area contributed by atoms with Crippen LogP contribution in [0.25, 0.3) is 41.8 Å². The van der Waals surface area contributed by atoms with Gasteiger partial charge in [-0.15, -0.1) is 0 Å². The highest BCUT2D eigenvalue weighted by molar-refractivity contribution is 5.81. The molecule has 4 atom stereocenters. The van der Waals surface area contributed by atoms with Gasteiger partial charge in [0.25, 0.3) is 0 Å². The Balaban J connectivity index is 5.24. The maximum absolute atomic E-state index is 12.0. The van der Waals surface area contributed by atoms with Gasteiger partial charge in [0, 0.05) is 110 Å². The summed E-state index contributed by atoms with van der Waals surface area (Å²) in [5.41, 5.74) is 34.0. The maximum Gasteiger partial charge on any atom is 0.228 e. The molecule has 0 aliphatic carbocycles. The van der Waals surface area contributed by atoms with Crippen LogP contribution in [0.1, 0.15) is 53.4 Å². The third-order valence-electron chi connectivity index (χ3n) is 7.59. The second kappa shape index (κ2) is 32.6. The molecular formula is C29H58N16O5. The number of rotatable bonds is 35. The lowest BCUT2D eigenvalue weighted by atomic mass is 9.76. The molecule has 0 aromatic rings. The summed E-state index contributed by atoms with van der Waals surface area (Å²) >= 11 is 0. The molecule has 284 valence electrons. The van der Waals surface area contributed by atoms with Crippen molar-refractivity contribution in [3.8, 4) is 0 Å². The molecule has 0 saturated carbocycles. The highest BCUT2D eigenvalue weighted by Crippen LogP contribution is 2.35. The Morgan fingerprint density at radius 2 is 0.860 bits per heavy atom. The predicted octanol–water partition coefficient (Wildman–Crippen LogP) is 4.28. The highest BCUT2D eigenvalue weighted by Gasteiger charge is 2.29. The first-order chi connectivity index (χ1) is 24.2. The molecule has 0 rings (SSSR count). The summed E-state index contributed by atoms with van der Waals surface area (Å²) in [6.07, 6.45) is 2.92. The number of ether oxygens (including phenoxy) is 4. The third-order valence-corrected chi connectivity index (χ3v) is 7.59. The average Bonchev–Trinajstić information content (AvgIpc) is 3.08. The fraction of sp³-hybridized carbons (Fsp3) is 0.966. The lowest BCUT2D eigenvalue weighted by molar-refractivity contribution is -0.122. The van der Waals surface area contributed by atoms with Crippen molar-refractivity contribution in [2.45, 2.75) is 77.5 Å². The smallest absolute Gasteiger partial charge is 0.228 e. The molecule has 0 spiro atoms. The minimum atomic E-state index is -0.799. The molecule has 0 aromatic heterocycles. The van der Waals surface area contributed by atoms with E-state index in [1.54, 1.807) is 0 Å². The van der Waals surface area contributed by atoms with Crippen molar-refractivity contribution in [1.82, 2.24) is 21.3 Å². The number of carbonyl (C=O) groups is 1. The SMILES string of the molecule is CC(CNCCOCCC(CCOCCNCC(C)N=[N+]=[N-])(CCOCCNCC(C)N=[N+]=[N-])CCOCCNC(=O)C(C)N=[N+]=[N-])N=[N+]=[N-]. The molecule has 21 nitrogen and oxygen atoms in total. The van der Waals surface area contributed by atoms with Gasteiger partial charge in [-0.05, 0) is 60.1 Å². The van der Waals surface area contributed by atoms with Crippen LogP contribution >= 0.6 is 0 Å². The lowest BCUT2D eigenvalue weighted by Crippen LogP contribution is -2.34. The van der Waals surface area contributed by atoms with Crippen LogP contribution in [0.4, 0.5) is 0 Å². The van der Waals surface area contributed by atoms with E-state index >= 15 is 0 Å². The number of azide groups is 4. The molecular weight excluding hydrogens is 652 g/mol. The van der Waals surface area contributed by atoms with Gasteiger partial charge in [0.1, 0.15) is 6.04 Å². The molecule has 0 radical (unpaired) electrons.